The van der Waals surface area contributed by atoms with Gasteiger partial charge in [-0.25, -0.2) is 0 Å². The average molecular weight is 313 g/mol. The molecule has 6 heteroatoms. The van der Waals surface area contributed by atoms with Crippen molar-refractivity contribution in [1.29, 1.82) is 0 Å². The summed E-state index contributed by atoms with van der Waals surface area (Å²) in [7, 11) is 1.74. The quantitative estimate of drug-likeness (QED) is 0.869. The molecule has 108 valence electrons. The van der Waals surface area contributed by atoms with E-state index in [4.69, 9.17) is 11.6 Å². The number of likely N-dealkylation sites (N-methyl/N-ethyl adjacent to an activating group) is 1. The van der Waals surface area contributed by atoms with Crippen molar-refractivity contribution in [1.82, 2.24) is 10.2 Å². The third-order valence-electron chi connectivity index (χ3n) is 3.16. The van der Waals surface area contributed by atoms with E-state index in [0.29, 0.717) is 23.6 Å². The first-order valence-corrected chi connectivity index (χ1v) is 7.84. The average Bonchev–Trinajstić information content (AvgIpc) is 2.70. The van der Waals surface area contributed by atoms with E-state index in [-0.39, 0.29) is 17.9 Å². The van der Waals surface area contributed by atoms with Gasteiger partial charge in [0.2, 0.25) is 5.91 Å². The van der Waals surface area contributed by atoms with Gasteiger partial charge in [0, 0.05) is 29.9 Å². The highest BCUT2D eigenvalue weighted by Gasteiger charge is 2.28. The van der Waals surface area contributed by atoms with Crippen LogP contribution in [0, 0.1) is 0 Å². The highest BCUT2D eigenvalue weighted by molar-refractivity contribution is 7.99. The van der Waals surface area contributed by atoms with Gasteiger partial charge in [0.05, 0.1) is 11.6 Å². The Kier molecular flexibility index (Phi) is 4.94. The van der Waals surface area contributed by atoms with Crippen molar-refractivity contribution in [3.05, 3.63) is 28.8 Å². The zero-order valence-corrected chi connectivity index (χ0v) is 13.1. The maximum atomic E-state index is 12.3. The van der Waals surface area contributed by atoms with E-state index in [0.717, 1.165) is 10.6 Å². The van der Waals surface area contributed by atoms with Gasteiger partial charge < -0.3 is 10.2 Å². The van der Waals surface area contributed by atoms with E-state index in [1.165, 1.54) is 0 Å². The van der Waals surface area contributed by atoms with E-state index in [1.807, 2.05) is 13.0 Å². The Morgan fingerprint density at radius 1 is 1.55 bits per heavy atom. The Bertz CT molecular complexity index is 536. The molecule has 1 aliphatic rings. The monoisotopic (exact) mass is 312 g/mol. The maximum absolute atomic E-state index is 12.3. The van der Waals surface area contributed by atoms with Gasteiger partial charge in [-0.15, -0.1) is 11.8 Å². The van der Waals surface area contributed by atoms with Gasteiger partial charge in [0.1, 0.15) is 0 Å². The second-order valence-corrected chi connectivity index (χ2v) is 6.46. The summed E-state index contributed by atoms with van der Waals surface area (Å²) in [6.45, 7) is 2.59. The molecule has 1 N–H and O–H groups in total. The number of benzene rings is 1. The Morgan fingerprint density at radius 2 is 2.30 bits per heavy atom. The van der Waals surface area contributed by atoms with E-state index >= 15 is 0 Å². The molecule has 2 rings (SSSR count). The molecule has 1 atom stereocenters. The third-order valence-corrected chi connectivity index (χ3v) is 4.35. The molecule has 0 aliphatic carbocycles. The fraction of sp³-hybridized carbons (Fsp3) is 0.429. The van der Waals surface area contributed by atoms with Crippen molar-refractivity contribution in [2.24, 2.45) is 0 Å². The van der Waals surface area contributed by atoms with Crippen molar-refractivity contribution >= 4 is 35.2 Å². The van der Waals surface area contributed by atoms with Crippen molar-refractivity contribution in [3.63, 3.8) is 0 Å². The summed E-state index contributed by atoms with van der Waals surface area (Å²) in [5.74, 6) is 0.771. The summed E-state index contributed by atoms with van der Waals surface area (Å²) in [6, 6.07) is 5.19. The smallest absolute Gasteiger partial charge is 0.252 e. The van der Waals surface area contributed by atoms with Crippen LogP contribution in [0.4, 0.5) is 0 Å². The van der Waals surface area contributed by atoms with Crippen LogP contribution in [0.5, 0.6) is 0 Å². The molecule has 0 radical (unpaired) electrons. The Morgan fingerprint density at radius 3 is 2.90 bits per heavy atom. The summed E-state index contributed by atoms with van der Waals surface area (Å²) < 4.78 is 0. The van der Waals surface area contributed by atoms with Gasteiger partial charge >= 0.3 is 0 Å². The second kappa shape index (κ2) is 6.50. The van der Waals surface area contributed by atoms with E-state index in [9.17, 15) is 9.59 Å². The molecule has 1 saturated heterocycles. The van der Waals surface area contributed by atoms with Gasteiger partial charge in [0.25, 0.3) is 5.91 Å². The molecule has 20 heavy (non-hydrogen) atoms. The molecule has 1 aromatic rings. The first-order valence-electron chi connectivity index (χ1n) is 6.48. The summed E-state index contributed by atoms with van der Waals surface area (Å²) >= 11 is 7.57. The van der Waals surface area contributed by atoms with Gasteiger partial charge in [0.15, 0.2) is 0 Å². The number of rotatable bonds is 4. The van der Waals surface area contributed by atoms with Crippen molar-refractivity contribution < 1.29 is 9.59 Å². The largest absolute Gasteiger partial charge is 0.347 e. The van der Waals surface area contributed by atoms with Crippen LogP contribution in [-0.2, 0) is 4.79 Å². The summed E-state index contributed by atoms with van der Waals surface area (Å²) in [5, 5.41) is 3.45. The molecular weight excluding hydrogens is 296 g/mol. The highest BCUT2D eigenvalue weighted by Crippen LogP contribution is 2.26. The predicted molar refractivity (Wildman–Crippen MR) is 81.4 cm³/mol. The van der Waals surface area contributed by atoms with Gasteiger partial charge in [-0.3, -0.25) is 9.59 Å². The zero-order valence-electron chi connectivity index (χ0n) is 11.5. The number of nitrogens with one attached hydrogen (secondary N) is 1. The highest BCUT2D eigenvalue weighted by atomic mass is 35.5. The lowest BCUT2D eigenvalue weighted by atomic mass is 10.2. The molecule has 1 fully saturated rings. The number of hydrogen-bond acceptors (Lipinski definition) is 3. The number of amides is 2. The topological polar surface area (TPSA) is 49.4 Å². The number of carbonyl (C=O) groups excluding carboxylic acids is 2. The standard InChI is InChI=1S/C14H17ClN2O2S/c1-3-20-12-5-4-9(15)6-11(12)14(19)16-10-7-13(18)17(2)8-10/h4-6,10H,3,7-8H2,1-2H3,(H,16,19)/t10-/m1/s1. The summed E-state index contributed by atoms with van der Waals surface area (Å²) in [4.78, 5) is 26.4. The van der Waals surface area contributed by atoms with Gasteiger partial charge in [-0.05, 0) is 24.0 Å². The molecule has 1 aromatic carbocycles. The van der Waals surface area contributed by atoms with Crippen LogP contribution in [0.2, 0.25) is 5.02 Å². The molecule has 1 aliphatic heterocycles. The summed E-state index contributed by atoms with van der Waals surface area (Å²) in [6.07, 6.45) is 0.360. The molecule has 0 bridgehead atoms. The van der Waals surface area contributed by atoms with E-state index < -0.39 is 0 Å². The Balaban J connectivity index is 2.12. The number of nitrogens with zero attached hydrogens (tertiary/aromatic N) is 1. The van der Waals surface area contributed by atoms with Crippen LogP contribution in [-0.4, -0.2) is 42.1 Å². The molecule has 2 amide bonds. The van der Waals surface area contributed by atoms with Crippen molar-refractivity contribution in [2.75, 3.05) is 19.3 Å². The SMILES string of the molecule is CCSc1ccc(Cl)cc1C(=O)N[C@@H]1CC(=O)N(C)C1. The number of thioether (sulfide) groups is 1. The Hall–Kier alpha value is -1.20. The number of hydrogen-bond donors (Lipinski definition) is 1. The lowest BCUT2D eigenvalue weighted by Crippen LogP contribution is -2.36. The van der Waals surface area contributed by atoms with Crippen LogP contribution < -0.4 is 5.32 Å². The molecule has 0 unspecified atom stereocenters. The van der Waals surface area contributed by atoms with E-state index in [1.54, 1.807) is 35.8 Å². The van der Waals surface area contributed by atoms with Crippen LogP contribution in [0.1, 0.15) is 23.7 Å². The number of carbonyl (C=O) groups is 2. The third kappa shape index (κ3) is 3.46. The maximum Gasteiger partial charge on any atom is 0.252 e. The minimum atomic E-state index is -0.170. The first kappa shape index (κ1) is 15.2. The predicted octanol–water partition coefficient (Wildman–Crippen LogP) is 2.41. The molecule has 4 nitrogen and oxygen atoms in total. The summed E-state index contributed by atoms with van der Waals surface area (Å²) in [5.41, 5.74) is 0.575. The number of halogens is 1. The lowest BCUT2D eigenvalue weighted by molar-refractivity contribution is -0.126. The Labute approximate surface area is 127 Å². The van der Waals surface area contributed by atoms with Crippen LogP contribution in [0.25, 0.3) is 0 Å². The van der Waals surface area contributed by atoms with Gasteiger partial charge in [-0.2, -0.15) is 0 Å². The molecule has 0 saturated carbocycles. The first-order chi connectivity index (χ1) is 9.51. The normalized spacial score (nSPS) is 18.4. The van der Waals surface area contributed by atoms with Crippen LogP contribution >= 0.6 is 23.4 Å². The molecule has 0 aromatic heterocycles. The van der Waals surface area contributed by atoms with Crippen molar-refractivity contribution in [3.8, 4) is 0 Å². The minimum Gasteiger partial charge on any atom is -0.347 e. The minimum absolute atomic E-state index is 0.0598. The number of likely N-dealkylation sites (tertiary alicyclic amines) is 1. The van der Waals surface area contributed by atoms with E-state index in [2.05, 4.69) is 5.32 Å². The van der Waals surface area contributed by atoms with Gasteiger partial charge in [-0.1, -0.05) is 18.5 Å². The lowest BCUT2D eigenvalue weighted by Gasteiger charge is -2.14. The van der Waals surface area contributed by atoms with Crippen molar-refractivity contribution in [2.45, 2.75) is 24.3 Å². The van der Waals surface area contributed by atoms with Crippen LogP contribution in [0.3, 0.4) is 0 Å². The second-order valence-electron chi connectivity index (χ2n) is 4.72. The van der Waals surface area contributed by atoms with Crippen LogP contribution in [0.15, 0.2) is 23.1 Å². The fourth-order valence-corrected chi connectivity index (χ4v) is 3.14. The molecule has 1 heterocycles. The fourth-order valence-electron chi connectivity index (χ4n) is 2.18. The molecule has 0 spiro atoms. The zero-order chi connectivity index (χ0) is 14.7. The molecular formula is C14H17ClN2O2S.